The van der Waals surface area contributed by atoms with Gasteiger partial charge in [-0.05, 0) is 42.9 Å². The van der Waals surface area contributed by atoms with Gasteiger partial charge in [-0.3, -0.25) is 0 Å². The fourth-order valence-electron chi connectivity index (χ4n) is 3.59. The SMILES string of the molecule is CC1CC(CBr)(C2CCCCC2)C1. The minimum atomic E-state index is 0.722. The van der Waals surface area contributed by atoms with Crippen LogP contribution in [0.3, 0.4) is 0 Å². The van der Waals surface area contributed by atoms with Crippen LogP contribution >= 0.6 is 15.9 Å². The minimum Gasteiger partial charge on any atom is -0.0922 e. The summed E-state index contributed by atoms with van der Waals surface area (Å²) in [6.07, 6.45) is 10.5. The van der Waals surface area contributed by atoms with E-state index in [1.165, 1.54) is 50.3 Å². The molecule has 1 heteroatoms. The van der Waals surface area contributed by atoms with E-state index in [2.05, 4.69) is 22.9 Å². The van der Waals surface area contributed by atoms with E-state index in [1.54, 1.807) is 0 Å². The molecule has 76 valence electrons. The van der Waals surface area contributed by atoms with E-state index in [9.17, 15) is 0 Å². The molecular formula is C12H21Br. The summed E-state index contributed by atoms with van der Waals surface area (Å²) in [6.45, 7) is 2.41. The van der Waals surface area contributed by atoms with Crippen LogP contribution in [0.5, 0.6) is 0 Å². The van der Waals surface area contributed by atoms with E-state index in [4.69, 9.17) is 0 Å². The zero-order valence-electron chi connectivity index (χ0n) is 8.69. The van der Waals surface area contributed by atoms with Gasteiger partial charge in [-0.25, -0.2) is 0 Å². The molecule has 2 rings (SSSR count). The molecule has 2 saturated carbocycles. The highest BCUT2D eigenvalue weighted by Crippen LogP contribution is 2.55. The largest absolute Gasteiger partial charge is 0.0922 e. The first-order valence-electron chi connectivity index (χ1n) is 5.83. The summed E-state index contributed by atoms with van der Waals surface area (Å²) in [6, 6.07) is 0. The first kappa shape index (κ1) is 10.0. The molecule has 0 aromatic rings. The van der Waals surface area contributed by atoms with Gasteiger partial charge in [0.25, 0.3) is 0 Å². The molecule has 0 atom stereocenters. The third-order valence-corrected chi connectivity index (χ3v) is 5.36. The number of rotatable bonds is 2. The van der Waals surface area contributed by atoms with Gasteiger partial charge in [-0.15, -0.1) is 0 Å². The molecule has 0 heterocycles. The highest BCUT2D eigenvalue weighted by molar-refractivity contribution is 9.09. The number of halogens is 1. The Morgan fingerprint density at radius 3 is 2.23 bits per heavy atom. The smallest absolute Gasteiger partial charge is 0.00908 e. The summed E-state index contributed by atoms with van der Waals surface area (Å²) in [7, 11) is 0. The molecule has 0 saturated heterocycles. The summed E-state index contributed by atoms with van der Waals surface area (Å²) in [5.74, 6) is 2.05. The summed E-state index contributed by atoms with van der Waals surface area (Å²) in [5.41, 5.74) is 0.722. The zero-order valence-corrected chi connectivity index (χ0v) is 10.3. The second-order valence-electron chi connectivity index (χ2n) is 5.34. The lowest BCUT2D eigenvalue weighted by Crippen LogP contribution is -2.44. The first-order valence-corrected chi connectivity index (χ1v) is 6.95. The Morgan fingerprint density at radius 1 is 1.15 bits per heavy atom. The molecule has 13 heavy (non-hydrogen) atoms. The Balaban J connectivity index is 1.95. The van der Waals surface area contributed by atoms with Crippen molar-refractivity contribution in [3.8, 4) is 0 Å². The molecule has 2 aliphatic rings. The van der Waals surface area contributed by atoms with E-state index < -0.39 is 0 Å². The van der Waals surface area contributed by atoms with Gasteiger partial charge < -0.3 is 0 Å². The van der Waals surface area contributed by atoms with Gasteiger partial charge in [-0.2, -0.15) is 0 Å². The quantitative estimate of drug-likeness (QED) is 0.633. The molecule has 0 amide bonds. The van der Waals surface area contributed by atoms with Gasteiger partial charge in [0.05, 0.1) is 0 Å². The molecule has 0 radical (unpaired) electrons. The molecule has 0 N–H and O–H groups in total. The monoisotopic (exact) mass is 244 g/mol. The van der Waals surface area contributed by atoms with Crippen LogP contribution in [-0.4, -0.2) is 5.33 Å². The maximum atomic E-state index is 3.75. The third kappa shape index (κ3) is 1.82. The maximum Gasteiger partial charge on any atom is 0.00908 e. The number of hydrogen-bond acceptors (Lipinski definition) is 0. The van der Waals surface area contributed by atoms with Crippen LogP contribution in [0.1, 0.15) is 51.9 Å². The highest BCUT2D eigenvalue weighted by Gasteiger charge is 2.46. The van der Waals surface area contributed by atoms with Crippen molar-refractivity contribution in [2.45, 2.75) is 51.9 Å². The van der Waals surface area contributed by atoms with Crippen LogP contribution in [0.2, 0.25) is 0 Å². The van der Waals surface area contributed by atoms with E-state index in [-0.39, 0.29) is 0 Å². The van der Waals surface area contributed by atoms with E-state index in [0.717, 1.165) is 17.3 Å². The van der Waals surface area contributed by atoms with Crippen molar-refractivity contribution in [2.24, 2.45) is 17.3 Å². The molecule has 0 aromatic carbocycles. The van der Waals surface area contributed by atoms with Crippen LogP contribution in [0.25, 0.3) is 0 Å². The topological polar surface area (TPSA) is 0 Å². The average molecular weight is 245 g/mol. The predicted molar refractivity (Wildman–Crippen MR) is 61.2 cm³/mol. The summed E-state index contributed by atoms with van der Waals surface area (Å²) in [4.78, 5) is 0. The van der Waals surface area contributed by atoms with Crippen molar-refractivity contribution in [2.75, 3.05) is 5.33 Å². The Labute approximate surface area is 90.6 Å². The lowest BCUT2D eigenvalue weighted by Gasteiger charge is -2.52. The first-order chi connectivity index (χ1) is 6.27. The molecule has 0 aromatic heterocycles. The van der Waals surface area contributed by atoms with Gasteiger partial charge in [0, 0.05) is 5.33 Å². The predicted octanol–water partition coefficient (Wildman–Crippen LogP) is 4.38. The Morgan fingerprint density at radius 2 is 1.77 bits per heavy atom. The molecule has 0 aliphatic heterocycles. The summed E-state index contributed by atoms with van der Waals surface area (Å²) >= 11 is 3.75. The van der Waals surface area contributed by atoms with Crippen molar-refractivity contribution >= 4 is 15.9 Å². The second kappa shape index (κ2) is 3.92. The second-order valence-corrected chi connectivity index (χ2v) is 5.91. The van der Waals surface area contributed by atoms with Crippen LogP contribution < -0.4 is 0 Å². The van der Waals surface area contributed by atoms with Crippen LogP contribution in [-0.2, 0) is 0 Å². The van der Waals surface area contributed by atoms with Crippen LogP contribution in [0, 0.1) is 17.3 Å². The highest BCUT2D eigenvalue weighted by atomic mass is 79.9. The zero-order chi connectivity index (χ0) is 9.31. The summed E-state index contributed by atoms with van der Waals surface area (Å²) in [5, 5.41) is 1.26. The van der Waals surface area contributed by atoms with E-state index in [1.807, 2.05) is 0 Å². The van der Waals surface area contributed by atoms with Crippen molar-refractivity contribution in [1.29, 1.82) is 0 Å². The lowest BCUT2D eigenvalue weighted by atomic mass is 9.55. The number of alkyl halides is 1. The summed E-state index contributed by atoms with van der Waals surface area (Å²) < 4.78 is 0. The molecule has 0 bridgehead atoms. The van der Waals surface area contributed by atoms with Crippen LogP contribution in [0.4, 0.5) is 0 Å². The fraction of sp³-hybridized carbons (Fsp3) is 1.00. The van der Waals surface area contributed by atoms with Crippen molar-refractivity contribution in [3.05, 3.63) is 0 Å². The Hall–Kier alpha value is 0.480. The Kier molecular flexibility index (Phi) is 3.02. The maximum absolute atomic E-state index is 3.75. The van der Waals surface area contributed by atoms with Gasteiger partial charge in [-0.1, -0.05) is 42.1 Å². The molecular weight excluding hydrogens is 224 g/mol. The Bertz CT molecular complexity index is 164. The number of hydrogen-bond donors (Lipinski definition) is 0. The molecule has 0 nitrogen and oxygen atoms in total. The third-order valence-electron chi connectivity index (χ3n) is 4.25. The van der Waals surface area contributed by atoms with Gasteiger partial charge in [0.1, 0.15) is 0 Å². The van der Waals surface area contributed by atoms with Crippen molar-refractivity contribution in [1.82, 2.24) is 0 Å². The van der Waals surface area contributed by atoms with Crippen molar-refractivity contribution in [3.63, 3.8) is 0 Å². The molecule has 2 fully saturated rings. The molecule has 2 aliphatic carbocycles. The minimum absolute atomic E-state index is 0.722. The van der Waals surface area contributed by atoms with E-state index >= 15 is 0 Å². The van der Waals surface area contributed by atoms with Gasteiger partial charge >= 0.3 is 0 Å². The van der Waals surface area contributed by atoms with Gasteiger partial charge in [0.2, 0.25) is 0 Å². The molecule has 0 spiro atoms. The standard InChI is InChI=1S/C12H21Br/c1-10-7-12(8-10,9-13)11-5-3-2-4-6-11/h10-11H,2-9H2,1H3. The average Bonchev–Trinajstić information content (AvgIpc) is 2.14. The normalized spacial score (nSPS) is 41.5. The van der Waals surface area contributed by atoms with E-state index in [0.29, 0.717) is 0 Å². The van der Waals surface area contributed by atoms with Crippen LogP contribution in [0.15, 0.2) is 0 Å². The fourth-order valence-corrected chi connectivity index (χ4v) is 4.51. The van der Waals surface area contributed by atoms with Crippen molar-refractivity contribution < 1.29 is 0 Å². The van der Waals surface area contributed by atoms with Gasteiger partial charge in [0.15, 0.2) is 0 Å². The lowest BCUT2D eigenvalue weighted by molar-refractivity contribution is 0.00685. The molecule has 0 unspecified atom stereocenters.